The van der Waals surface area contributed by atoms with Gasteiger partial charge in [0.2, 0.25) is 5.91 Å². The molecular formula is C29H32N4O3. The van der Waals surface area contributed by atoms with Crippen LogP contribution < -0.4 is 15.4 Å². The number of rotatable bonds is 8. The van der Waals surface area contributed by atoms with Crippen molar-refractivity contribution in [2.75, 3.05) is 13.1 Å². The van der Waals surface area contributed by atoms with Gasteiger partial charge in [-0.3, -0.25) is 9.69 Å². The van der Waals surface area contributed by atoms with Crippen molar-refractivity contribution in [1.82, 2.24) is 15.5 Å². The normalized spacial score (nSPS) is 18.5. The summed E-state index contributed by atoms with van der Waals surface area (Å²) in [6, 6.07) is 24.8. The molecular weight excluding hydrogens is 452 g/mol. The number of nitrogens with zero attached hydrogens (tertiary/aromatic N) is 2. The fraction of sp³-hybridized carbons (Fsp3) is 0.345. The summed E-state index contributed by atoms with van der Waals surface area (Å²) in [6.07, 6.45) is 0.250. The minimum absolute atomic E-state index is 0.151. The molecule has 2 N–H and O–H groups in total. The lowest BCUT2D eigenvalue weighted by molar-refractivity contribution is -0.124. The summed E-state index contributed by atoms with van der Waals surface area (Å²) in [5, 5.41) is 17.6. The van der Waals surface area contributed by atoms with Gasteiger partial charge in [0.15, 0.2) is 0 Å². The Morgan fingerprint density at radius 2 is 1.78 bits per heavy atom. The standard InChI is InChI=1S/C29H32N4O3/c1-21(2)16-26(31-28(35)36-25-13-12-23-10-6-7-11-24(23)17-25)27(34)32-29(19-30)14-15-33(20-29)18-22-8-4-3-5-9-22/h3-13,17,21,26H,14-16,18,20H2,1-2H3,(H,31,35)(H,32,34). The molecule has 186 valence electrons. The van der Waals surface area contributed by atoms with E-state index in [-0.39, 0.29) is 11.8 Å². The van der Waals surface area contributed by atoms with Gasteiger partial charge in [-0.2, -0.15) is 5.26 Å². The Labute approximate surface area is 212 Å². The van der Waals surface area contributed by atoms with Crippen LogP contribution in [0.3, 0.4) is 0 Å². The van der Waals surface area contributed by atoms with Gasteiger partial charge in [0.1, 0.15) is 17.3 Å². The van der Waals surface area contributed by atoms with Crippen LogP contribution in [0.4, 0.5) is 4.79 Å². The van der Waals surface area contributed by atoms with Gasteiger partial charge in [0.05, 0.1) is 6.07 Å². The molecule has 7 nitrogen and oxygen atoms in total. The summed E-state index contributed by atoms with van der Waals surface area (Å²) < 4.78 is 5.49. The van der Waals surface area contributed by atoms with E-state index in [1.165, 1.54) is 0 Å². The van der Waals surface area contributed by atoms with Crippen molar-refractivity contribution < 1.29 is 14.3 Å². The fourth-order valence-corrected chi connectivity index (χ4v) is 4.62. The molecule has 1 heterocycles. The Bertz CT molecular complexity index is 1250. The topological polar surface area (TPSA) is 94.5 Å². The highest BCUT2D eigenvalue weighted by molar-refractivity contribution is 5.88. The van der Waals surface area contributed by atoms with Crippen molar-refractivity contribution in [1.29, 1.82) is 5.26 Å². The van der Waals surface area contributed by atoms with E-state index in [1.54, 1.807) is 12.1 Å². The lowest BCUT2D eigenvalue weighted by Crippen LogP contribution is -2.56. The number of carbonyl (C=O) groups is 2. The Morgan fingerprint density at radius 3 is 2.50 bits per heavy atom. The van der Waals surface area contributed by atoms with E-state index < -0.39 is 17.7 Å². The second-order valence-electron chi connectivity index (χ2n) is 9.85. The minimum Gasteiger partial charge on any atom is -0.410 e. The van der Waals surface area contributed by atoms with E-state index in [9.17, 15) is 14.9 Å². The number of nitriles is 1. The van der Waals surface area contributed by atoms with Gasteiger partial charge in [-0.05, 0) is 47.2 Å². The van der Waals surface area contributed by atoms with Crippen LogP contribution in [0.25, 0.3) is 10.8 Å². The van der Waals surface area contributed by atoms with Gasteiger partial charge in [-0.25, -0.2) is 4.79 Å². The predicted molar refractivity (Wildman–Crippen MR) is 139 cm³/mol. The average molecular weight is 485 g/mol. The lowest BCUT2D eigenvalue weighted by Gasteiger charge is -2.27. The molecule has 1 aliphatic rings. The maximum absolute atomic E-state index is 13.3. The van der Waals surface area contributed by atoms with Crippen LogP contribution in [0.2, 0.25) is 0 Å². The zero-order valence-corrected chi connectivity index (χ0v) is 20.7. The first-order valence-corrected chi connectivity index (χ1v) is 12.3. The molecule has 2 unspecified atom stereocenters. The molecule has 1 fully saturated rings. The highest BCUT2D eigenvalue weighted by atomic mass is 16.6. The van der Waals surface area contributed by atoms with Crippen molar-refractivity contribution in [3.05, 3.63) is 78.4 Å². The summed E-state index contributed by atoms with van der Waals surface area (Å²) in [6.45, 7) is 5.81. The zero-order chi connectivity index (χ0) is 25.5. The maximum atomic E-state index is 13.3. The van der Waals surface area contributed by atoms with Gasteiger partial charge in [0.25, 0.3) is 0 Å². The van der Waals surface area contributed by atoms with Crippen LogP contribution in [-0.2, 0) is 11.3 Å². The van der Waals surface area contributed by atoms with Crippen LogP contribution in [0.5, 0.6) is 5.75 Å². The quantitative estimate of drug-likeness (QED) is 0.486. The third-order valence-corrected chi connectivity index (χ3v) is 6.42. The molecule has 4 rings (SSSR count). The van der Waals surface area contributed by atoms with Gasteiger partial charge in [-0.15, -0.1) is 0 Å². The molecule has 1 saturated heterocycles. The molecule has 0 aliphatic carbocycles. The molecule has 36 heavy (non-hydrogen) atoms. The molecule has 0 radical (unpaired) electrons. The van der Waals surface area contributed by atoms with Crippen molar-refractivity contribution in [2.45, 2.75) is 44.8 Å². The van der Waals surface area contributed by atoms with Crippen LogP contribution in [-0.4, -0.2) is 41.6 Å². The molecule has 3 aromatic carbocycles. The molecule has 0 bridgehead atoms. The summed E-state index contributed by atoms with van der Waals surface area (Å²) in [7, 11) is 0. The predicted octanol–water partition coefficient (Wildman–Crippen LogP) is 4.63. The number of hydrogen-bond donors (Lipinski definition) is 2. The molecule has 7 heteroatoms. The number of fused-ring (bicyclic) bond motifs is 1. The number of benzene rings is 3. The van der Waals surface area contributed by atoms with Crippen LogP contribution in [0, 0.1) is 17.2 Å². The summed E-state index contributed by atoms with van der Waals surface area (Å²) in [4.78, 5) is 28.1. The van der Waals surface area contributed by atoms with Gasteiger partial charge < -0.3 is 15.4 Å². The molecule has 0 aromatic heterocycles. The number of hydrogen-bond acceptors (Lipinski definition) is 5. The Morgan fingerprint density at radius 1 is 1.06 bits per heavy atom. The number of amides is 2. The Kier molecular flexibility index (Phi) is 7.87. The third-order valence-electron chi connectivity index (χ3n) is 6.42. The van der Waals surface area contributed by atoms with E-state index in [0.717, 1.165) is 16.3 Å². The highest BCUT2D eigenvalue weighted by Gasteiger charge is 2.41. The summed E-state index contributed by atoms with van der Waals surface area (Å²) >= 11 is 0. The average Bonchev–Trinajstić information content (AvgIpc) is 3.26. The van der Waals surface area contributed by atoms with E-state index >= 15 is 0 Å². The largest absolute Gasteiger partial charge is 0.413 e. The lowest BCUT2D eigenvalue weighted by atomic mass is 9.98. The maximum Gasteiger partial charge on any atom is 0.413 e. The third kappa shape index (κ3) is 6.41. The number of nitrogens with one attached hydrogen (secondary N) is 2. The second kappa shape index (κ2) is 11.2. The van der Waals surface area contributed by atoms with Crippen LogP contribution >= 0.6 is 0 Å². The van der Waals surface area contributed by atoms with Gasteiger partial charge >= 0.3 is 6.09 Å². The van der Waals surface area contributed by atoms with E-state index in [4.69, 9.17) is 4.74 Å². The van der Waals surface area contributed by atoms with Gasteiger partial charge in [-0.1, -0.05) is 74.5 Å². The van der Waals surface area contributed by atoms with Crippen molar-refractivity contribution in [3.8, 4) is 11.8 Å². The van der Waals surface area contributed by atoms with E-state index in [2.05, 4.69) is 33.7 Å². The fourth-order valence-electron chi connectivity index (χ4n) is 4.62. The first-order valence-electron chi connectivity index (χ1n) is 12.3. The summed E-state index contributed by atoms with van der Waals surface area (Å²) in [5.41, 5.74) is 0.165. The Hall–Kier alpha value is -3.89. The number of carbonyl (C=O) groups excluding carboxylic acids is 2. The van der Waals surface area contributed by atoms with Crippen molar-refractivity contribution in [3.63, 3.8) is 0 Å². The van der Waals surface area contributed by atoms with Crippen LogP contribution in [0.15, 0.2) is 72.8 Å². The van der Waals surface area contributed by atoms with E-state index in [0.29, 0.717) is 38.2 Å². The molecule has 2 amide bonds. The zero-order valence-electron chi connectivity index (χ0n) is 20.7. The first kappa shape index (κ1) is 25.2. The molecule has 0 saturated carbocycles. The second-order valence-corrected chi connectivity index (χ2v) is 9.85. The first-order chi connectivity index (χ1) is 17.4. The van der Waals surface area contributed by atoms with Crippen molar-refractivity contribution in [2.24, 2.45) is 5.92 Å². The SMILES string of the molecule is CC(C)CC(NC(=O)Oc1ccc2ccccc2c1)C(=O)NC1(C#N)CCN(Cc2ccccc2)C1. The Balaban J connectivity index is 1.39. The molecule has 2 atom stereocenters. The highest BCUT2D eigenvalue weighted by Crippen LogP contribution is 2.24. The van der Waals surface area contributed by atoms with Crippen LogP contribution in [0.1, 0.15) is 32.3 Å². The molecule has 0 spiro atoms. The number of ether oxygens (including phenoxy) is 1. The van der Waals surface area contributed by atoms with E-state index in [1.807, 2.05) is 62.4 Å². The molecule has 1 aliphatic heterocycles. The monoisotopic (exact) mass is 484 g/mol. The smallest absolute Gasteiger partial charge is 0.410 e. The van der Waals surface area contributed by atoms with Gasteiger partial charge in [0, 0.05) is 19.6 Å². The number of likely N-dealkylation sites (tertiary alicyclic amines) is 1. The molecule has 3 aromatic rings. The minimum atomic E-state index is -0.995. The summed E-state index contributed by atoms with van der Waals surface area (Å²) in [5.74, 6) is 0.177. The van der Waals surface area contributed by atoms with Crippen molar-refractivity contribution >= 4 is 22.8 Å².